The van der Waals surface area contributed by atoms with Crippen molar-refractivity contribution >= 4 is 17.4 Å². The van der Waals surface area contributed by atoms with Crippen LogP contribution in [0, 0.1) is 0 Å². The number of nitrogens with zero attached hydrogens (tertiary/aromatic N) is 3. The van der Waals surface area contributed by atoms with E-state index in [9.17, 15) is 14.7 Å². The molecule has 0 atom stereocenters. The van der Waals surface area contributed by atoms with Gasteiger partial charge in [0.2, 0.25) is 5.43 Å². The molecule has 0 bridgehead atoms. The minimum Gasteiger partial charge on any atom is -0.510 e. The first-order chi connectivity index (χ1) is 11.6. The Hall–Kier alpha value is -3.22. The van der Waals surface area contributed by atoms with Crippen LogP contribution in [0.15, 0.2) is 47.5 Å². The van der Waals surface area contributed by atoms with Crippen LogP contribution in [0.4, 0.5) is 0 Å². The summed E-state index contributed by atoms with van der Waals surface area (Å²) in [6.45, 7) is 0. The minimum atomic E-state index is -1.05. The van der Waals surface area contributed by atoms with E-state index >= 15 is 0 Å². The molecule has 7 nitrogen and oxygen atoms in total. The molecule has 0 aliphatic carbocycles. The van der Waals surface area contributed by atoms with Crippen molar-refractivity contribution < 1.29 is 15.0 Å². The Morgan fingerprint density at radius 3 is 2.58 bits per heavy atom. The van der Waals surface area contributed by atoms with Gasteiger partial charge in [0.1, 0.15) is 12.1 Å². The number of aliphatic carboxylic acids is 1. The number of fused-ring (bicyclic) bond motifs is 1. The lowest BCUT2D eigenvalue weighted by atomic mass is 10.1. The van der Waals surface area contributed by atoms with Gasteiger partial charge in [-0.25, -0.2) is 9.50 Å². The van der Waals surface area contributed by atoms with Gasteiger partial charge in [0.15, 0.2) is 11.0 Å². The standard InChI is InChI=1S/C17H15N3O4/c21-13(6-7-15(23)24)16-14(22)9-12(17-18-10-19-20(16)17)8-11-4-2-1-3-5-11/h1-5,9-10,21H,6-8H2,(H,23,24). The second-order valence-electron chi connectivity index (χ2n) is 5.38. The first-order valence-corrected chi connectivity index (χ1v) is 7.39. The SMILES string of the molecule is O=C(O)CCC(O)=c1c(=O)cc(Cc2ccccc2)c2ncnn12. The first-order valence-electron chi connectivity index (χ1n) is 7.39. The van der Waals surface area contributed by atoms with Crippen LogP contribution in [0.25, 0.3) is 11.4 Å². The average Bonchev–Trinajstić information content (AvgIpc) is 3.03. The third-order valence-electron chi connectivity index (χ3n) is 3.67. The van der Waals surface area contributed by atoms with Gasteiger partial charge in [0, 0.05) is 18.4 Å². The molecule has 7 heteroatoms. The molecule has 3 aromatic rings. The third-order valence-corrected chi connectivity index (χ3v) is 3.67. The summed E-state index contributed by atoms with van der Waals surface area (Å²) < 4.78 is 1.28. The summed E-state index contributed by atoms with van der Waals surface area (Å²) in [7, 11) is 0. The topological polar surface area (TPSA) is 105 Å². The van der Waals surface area contributed by atoms with Gasteiger partial charge in [0.25, 0.3) is 0 Å². The predicted molar refractivity (Wildman–Crippen MR) is 86.6 cm³/mol. The number of aliphatic hydroxyl groups is 1. The number of carboxylic acid groups (broad SMARTS) is 1. The smallest absolute Gasteiger partial charge is 0.303 e. The molecule has 0 saturated carbocycles. The van der Waals surface area contributed by atoms with Crippen molar-refractivity contribution in [2.45, 2.75) is 19.3 Å². The Morgan fingerprint density at radius 1 is 1.12 bits per heavy atom. The summed E-state index contributed by atoms with van der Waals surface area (Å²) >= 11 is 0. The second kappa shape index (κ2) is 6.49. The van der Waals surface area contributed by atoms with Crippen molar-refractivity contribution in [3.05, 3.63) is 69.4 Å². The number of aromatic nitrogens is 3. The van der Waals surface area contributed by atoms with Crippen LogP contribution in [0.1, 0.15) is 24.0 Å². The zero-order valence-corrected chi connectivity index (χ0v) is 12.7. The number of hydrogen-bond donors (Lipinski definition) is 2. The van der Waals surface area contributed by atoms with Gasteiger partial charge in [-0.15, -0.1) is 0 Å². The van der Waals surface area contributed by atoms with Crippen molar-refractivity contribution in [3.63, 3.8) is 0 Å². The molecule has 0 aliphatic rings. The monoisotopic (exact) mass is 325 g/mol. The molecule has 0 unspecified atom stereocenters. The molecule has 3 rings (SSSR count). The highest BCUT2D eigenvalue weighted by Gasteiger charge is 2.12. The van der Waals surface area contributed by atoms with Crippen LogP contribution in [-0.4, -0.2) is 30.8 Å². The summed E-state index contributed by atoms with van der Waals surface area (Å²) in [4.78, 5) is 27.2. The van der Waals surface area contributed by atoms with E-state index in [0.29, 0.717) is 17.6 Å². The zero-order valence-electron chi connectivity index (χ0n) is 12.7. The largest absolute Gasteiger partial charge is 0.510 e. The molecule has 1 aromatic carbocycles. The quantitative estimate of drug-likeness (QED) is 0.723. The van der Waals surface area contributed by atoms with Crippen LogP contribution in [0.5, 0.6) is 0 Å². The molecule has 2 aromatic heterocycles. The Labute approximate surface area is 136 Å². The van der Waals surface area contributed by atoms with Crippen LogP contribution < -0.4 is 10.8 Å². The van der Waals surface area contributed by atoms with E-state index in [1.165, 1.54) is 16.9 Å². The molecular formula is C17H15N3O4. The van der Waals surface area contributed by atoms with Gasteiger partial charge in [-0.1, -0.05) is 30.3 Å². The van der Waals surface area contributed by atoms with Crippen LogP contribution in [0.2, 0.25) is 0 Å². The fraction of sp³-hybridized carbons (Fsp3) is 0.176. The second-order valence-corrected chi connectivity index (χ2v) is 5.38. The van der Waals surface area contributed by atoms with Crippen molar-refractivity contribution in [2.24, 2.45) is 0 Å². The van der Waals surface area contributed by atoms with E-state index in [4.69, 9.17) is 5.11 Å². The van der Waals surface area contributed by atoms with Crippen molar-refractivity contribution in [3.8, 4) is 0 Å². The molecule has 2 heterocycles. The lowest BCUT2D eigenvalue weighted by Crippen LogP contribution is -2.35. The normalized spacial score (nSPS) is 12.3. The van der Waals surface area contributed by atoms with Gasteiger partial charge in [-0.2, -0.15) is 5.10 Å². The number of aliphatic hydroxyl groups excluding tert-OH is 1. The number of benzene rings is 1. The maximum Gasteiger partial charge on any atom is 0.303 e. The maximum atomic E-state index is 12.4. The zero-order chi connectivity index (χ0) is 17.1. The third kappa shape index (κ3) is 3.10. The van der Waals surface area contributed by atoms with Crippen LogP contribution in [0.3, 0.4) is 0 Å². The fourth-order valence-electron chi connectivity index (χ4n) is 2.57. The van der Waals surface area contributed by atoms with Gasteiger partial charge in [-0.3, -0.25) is 9.59 Å². The molecule has 122 valence electrons. The number of rotatable bonds is 5. The highest BCUT2D eigenvalue weighted by molar-refractivity contribution is 5.68. The number of hydrogen-bond acceptors (Lipinski definition) is 5. The number of carbonyl (C=O) groups is 1. The maximum absolute atomic E-state index is 12.4. The summed E-state index contributed by atoms with van der Waals surface area (Å²) in [5.41, 5.74) is 1.77. The fourth-order valence-corrected chi connectivity index (χ4v) is 2.57. The van der Waals surface area contributed by atoms with Crippen molar-refractivity contribution in [1.82, 2.24) is 14.6 Å². The summed E-state index contributed by atoms with van der Waals surface area (Å²) in [6, 6.07) is 11.0. The molecular weight excluding hydrogens is 310 g/mol. The van der Waals surface area contributed by atoms with Gasteiger partial charge >= 0.3 is 5.97 Å². The summed E-state index contributed by atoms with van der Waals surface area (Å²) in [6.07, 6.45) is 1.40. The Kier molecular flexibility index (Phi) is 4.24. The van der Waals surface area contributed by atoms with E-state index in [-0.39, 0.29) is 23.9 Å². The molecule has 2 N–H and O–H groups in total. The van der Waals surface area contributed by atoms with Gasteiger partial charge in [0.05, 0.1) is 6.42 Å². The van der Waals surface area contributed by atoms with Gasteiger partial charge < -0.3 is 10.2 Å². The van der Waals surface area contributed by atoms with E-state index in [1.807, 2.05) is 30.3 Å². The van der Waals surface area contributed by atoms with E-state index in [0.717, 1.165) is 5.56 Å². The van der Waals surface area contributed by atoms with E-state index < -0.39 is 11.4 Å². The highest BCUT2D eigenvalue weighted by atomic mass is 16.4. The Morgan fingerprint density at radius 2 is 1.88 bits per heavy atom. The summed E-state index contributed by atoms with van der Waals surface area (Å²) in [5.74, 6) is -1.35. The van der Waals surface area contributed by atoms with E-state index in [2.05, 4.69) is 10.1 Å². The molecule has 0 aliphatic heterocycles. The van der Waals surface area contributed by atoms with E-state index in [1.54, 1.807) is 0 Å². The van der Waals surface area contributed by atoms with Crippen LogP contribution in [-0.2, 0) is 11.2 Å². The van der Waals surface area contributed by atoms with Crippen molar-refractivity contribution in [2.75, 3.05) is 0 Å². The summed E-state index contributed by atoms with van der Waals surface area (Å²) in [5, 5.41) is 22.8. The molecule has 0 fully saturated rings. The first kappa shape index (κ1) is 15.7. The molecule has 0 radical (unpaired) electrons. The molecule has 0 amide bonds. The number of carboxylic acids is 1. The predicted octanol–water partition coefficient (Wildman–Crippen LogP) is 0.930. The molecule has 0 spiro atoms. The molecule has 24 heavy (non-hydrogen) atoms. The molecule has 0 saturated heterocycles. The minimum absolute atomic E-state index is 0.0411. The number of pyridine rings is 1. The highest BCUT2D eigenvalue weighted by Crippen LogP contribution is 2.11. The lowest BCUT2D eigenvalue weighted by Gasteiger charge is -2.05. The van der Waals surface area contributed by atoms with Crippen molar-refractivity contribution in [1.29, 1.82) is 0 Å². The van der Waals surface area contributed by atoms with Gasteiger partial charge in [-0.05, 0) is 11.6 Å². The lowest BCUT2D eigenvalue weighted by molar-refractivity contribution is -0.136. The Balaban J connectivity index is 2.12. The van der Waals surface area contributed by atoms with Crippen LogP contribution >= 0.6 is 0 Å². The average molecular weight is 325 g/mol. The Bertz CT molecular complexity index is 996.